The highest BCUT2D eigenvalue weighted by Gasteiger charge is 2.48. The van der Waals surface area contributed by atoms with Crippen LogP contribution in [0, 0.1) is 16.7 Å². The van der Waals surface area contributed by atoms with E-state index >= 15 is 0 Å². The molecule has 0 aliphatic heterocycles. The van der Waals surface area contributed by atoms with Crippen LogP contribution in [-0.2, 0) is 9.53 Å². The molecule has 126 valence electrons. The SMILES string of the molecule is CCC(C)C(O)CC(C)(CC)C(C)(CC)C(C)OC(C)=O. The van der Waals surface area contributed by atoms with Gasteiger partial charge in [-0.1, -0.05) is 48.0 Å². The van der Waals surface area contributed by atoms with Crippen LogP contribution >= 0.6 is 0 Å². The van der Waals surface area contributed by atoms with Crippen LogP contribution < -0.4 is 0 Å². The van der Waals surface area contributed by atoms with Crippen molar-refractivity contribution in [1.29, 1.82) is 0 Å². The van der Waals surface area contributed by atoms with Crippen molar-refractivity contribution in [1.82, 2.24) is 0 Å². The molecule has 5 atom stereocenters. The van der Waals surface area contributed by atoms with E-state index in [-0.39, 0.29) is 29.0 Å². The van der Waals surface area contributed by atoms with Crippen LogP contribution in [0.15, 0.2) is 0 Å². The number of aliphatic hydroxyl groups excluding tert-OH is 1. The quantitative estimate of drug-likeness (QED) is 0.635. The number of rotatable bonds is 9. The first-order valence-electron chi connectivity index (χ1n) is 8.43. The van der Waals surface area contributed by atoms with Crippen LogP contribution in [0.4, 0.5) is 0 Å². The lowest BCUT2D eigenvalue weighted by Crippen LogP contribution is -2.48. The second kappa shape index (κ2) is 8.17. The number of hydrogen-bond acceptors (Lipinski definition) is 3. The summed E-state index contributed by atoms with van der Waals surface area (Å²) in [6.07, 6.45) is 3.12. The van der Waals surface area contributed by atoms with E-state index < -0.39 is 0 Å². The van der Waals surface area contributed by atoms with Crippen LogP contribution in [0.2, 0.25) is 0 Å². The maximum absolute atomic E-state index is 11.3. The van der Waals surface area contributed by atoms with E-state index in [0.717, 1.165) is 25.7 Å². The first-order valence-corrected chi connectivity index (χ1v) is 8.43. The van der Waals surface area contributed by atoms with Gasteiger partial charge in [0.25, 0.3) is 0 Å². The lowest BCUT2D eigenvalue weighted by atomic mass is 9.57. The number of esters is 1. The van der Waals surface area contributed by atoms with Gasteiger partial charge in [0.2, 0.25) is 0 Å². The van der Waals surface area contributed by atoms with E-state index in [1.165, 1.54) is 6.92 Å². The Hall–Kier alpha value is -0.570. The van der Waals surface area contributed by atoms with Gasteiger partial charge >= 0.3 is 5.97 Å². The molecule has 0 amide bonds. The molecule has 0 saturated heterocycles. The van der Waals surface area contributed by atoms with E-state index in [0.29, 0.717) is 5.92 Å². The number of aliphatic hydroxyl groups is 1. The lowest BCUT2D eigenvalue weighted by molar-refractivity contribution is -0.161. The Bertz CT molecular complexity index is 328. The third kappa shape index (κ3) is 4.70. The van der Waals surface area contributed by atoms with Gasteiger partial charge in [-0.25, -0.2) is 0 Å². The van der Waals surface area contributed by atoms with Crippen molar-refractivity contribution in [2.45, 2.75) is 93.3 Å². The lowest BCUT2D eigenvalue weighted by Gasteiger charge is -2.50. The van der Waals surface area contributed by atoms with Crippen LogP contribution in [-0.4, -0.2) is 23.3 Å². The van der Waals surface area contributed by atoms with Gasteiger partial charge in [-0.05, 0) is 37.5 Å². The summed E-state index contributed by atoms with van der Waals surface area (Å²) in [5, 5.41) is 10.5. The van der Waals surface area contributed by atoms with E-state index in [1.54, 1.807) is 0 Å². The van der Waals surface area contributed by atoms with Gasteiger partial charge in [0.1, 0.15) is 6.10 Å². The molecule has 0 aromatic carbocycles. The first-order chi connectivity index (χ1) is 9.57. The van der Waals surface area contributed by atoms with Gasteiger partial charge in [-0.15, -0.1) is 0 Å². The zero-order valence-electron chi connectivity index (χ0n) is 15.3. The summed E-state index contributed by atoms with van der Waals surface area (Å²) < 4.78 is 5.50. The van der Waals surface area contributed by atoms with Crippen molar-refractivity contribution in [3.05, 3.63) is 0 Å². The van der Waals surface area contributed by atoms with Crippen molar-refractivity contribution < 1.29 is 14.6 Å². The van der Waals surface area contributed by atoms with Crippen molar-refractivity contribution in [3.8, 4) is 0 Å². The van der Waals surface area contributed by atoms with Gasteiger partial charge in [0, 0.05) is 12.3 Å². The summed E-state index contributed by atoms with van der Waals surface area (Å²) in [6.45, 7) is 16.4. The Morgan fingerprint density at radius 1 is 1.14 bits per heavy atom. The van der Waals surface area contributed by atoms with Gasteiger partial charge in [-0.3, -0.25) is 4.79 Å². The maximum Gasteiger partial charge on any atom is 0.302 e. The summed E-state index contributed by atoms with van der Waals surface area (Å²) in [7, 11) is 0. The van der Waals surface area contributed by atoms with Gasteiger partial charge in [-0.2, -0.15) is 0 Å². The van der Waals surface area contributed by atoms with Crippen molar-refractivity contribution in [2.24, 2.45) is 16.7 Å². The Balaban J connectivity index is 5.35. The minimum atomic E-state index is -0.310. The smallest absolute Gasteiger partial charge is 0.302 e. The number of carbonyl (C=O) groups excluding carboxylic acids is 1. The van der Waals surface area contributed by atoms with Crippen molar-refractivity contribution >= 4 is 5.97 Å². The van der Waals surface area contributed by atoms with Crippen LogP contribution in [0.3, 0.4) is 0 Å². The molecule has 0 aromatic rings. The van der Waals surface area contributed by atoms with Crippen LogP contribution in [0.5, 0.6) is 0 Å². The zero-order chi connectivity index (χ0) is 16.8. The highest BCUT2D eigenvalue weighted by molar-refractivity contribution is 5.66. The largest absolute Gasteiger partial charge is 0.462 e. The summed E-state index contributed by atoms with van der Waals surface area (Å²) in [5.74, 6) is 0.0594. The summed E-state index contributed by atoms with van der Waals surface area (Å²) in [6, 6.07) is 0. The molecular weight excluding hydrogens is 264 g/mol. The highest BCUT2D eigenvalue weighted by atomic mass is 16.5. The predicted molar refractivity (Wildman–Crippen MR) is 88.1 cm³/mol. The summed E-state index contributed by atoms with van der Waals surface area (Å²) in [5.41, 5.74) is -0.221. The monoisotopic (exact) mass is 300 g/mol. The molecule has 0 bridgehead atoms. The Morgan fingerprint density at radius 2 is 1.67 bits per heavy atom. The van der Waals surface area contributed by atoms with E-state index in [1.807, 2.05) is 6.92 Å². The average Bonchev–Trinajstić information content (AvgIpc) is 2.43. The second-order valence-electron chi connectivity index (χ2n) is 7.09. The third-order valence-corrected chi connectivity index (χ3v) is 6.09. The average molecular weight is 300 g/mol. The minimum absolute atomic E-state index is 0.0700. The van der Waals surface area contributed by atoms with Crippen molar-refractivity contribution in [2.75, 3.05) is 0 Å². The normalized spacial score (nSPS) is 21.8. The minimum Gasteiger partial charge on any atom is -0.462 e. The molecular formula is C18H36O3. The fourth-order valence-electron chi connectivity index (χ4n) is 3.30. The molecule has 1 N–H and O–H groups in total. The first kappa shape index (κ1) is 20.4. The number of carbonyl (C=O) groups is 1. The Kier molecular flexibility index (Phi) is 7.94. The van der Waals surface area contributed by atoms with Crippen molar-refractivity contribution in [3.63, 3.8) is 0 Å². The number of hydrogen-bond donors (Lipinski definition) is 1. The molecule has 0 rings (SSSR count). The summed E-state index contributed by atoms with van der Waals surface area (Å²) >= 11 is 0. The molecule has 3 nitrogen and oxygen atoms in total. The standard InChI is InChI=1S/C18H36O3/c1-9-13(4)16(20)12-17(7,10-2)18(8,11-3)14(5)21-15(6)19/h13-14,16,20H,9-12H2,1-8H3. The van der Waals surface area contributed by atoms with Gasteiger partial charge in [0.05, 0.1) is 6.10 Å². The molecule has 0 aliphatic carbocycles. The zero-order valence-corrected chi connectivity index (χ0v) is 15.3. The molecule has 0 radical (unpaired) electrons. The molecule has 0 heterocycles. The van der Waals surface area contributed by atoms with Crippen LogP contribution in [0.1, 0.15) is 81.1 Å². The fraction of sp³-hybridized carbons (Fsp3) is 0.944. The third-order valence-electron chi connectivity index (χ3n) is 6.09. The highest BCUT2D eigenvalue weighted by Crippen LogP contribution is 2.51. The number of ether oxygens (including phenoxy) is 1. The van der Waals surface area contributed by atoms with E-state index in [9.17, 15) is 9.90 Å². The topological polar surface area (TPSA) is 46.5 Å². The second-order valence-corrected chi connectivity index (χ2v) is 7.09. The molecule has 5 unspecified atom stereocenters. The predicted octanol–water partition coefficient (Wildman–Crippen LogP) is 4.57. The van der Waals surface area contributed by atoms with Gasteiger partial charge in [0.15, 0.2) is 0 Å². The molecule has 0 aliphatic rings. The molecule has 0 saturated carbocycles. The fourth-order valence-corrected chi connectivity index (χ4v) is 3.30. The molecule has 0 aromatic heterocycles. The van der Waals surface area contributed by atoms with E-state index in [4.69, 9.17) is 4.74 Å². The van der Waals surface area contributed by atoms with Gasteiger partial charge < -0.3 is 9.84 Å². The van der Waals surface area contributed by atoms with E-state index in [2.05, 4.69) is 41.5 Å². The molecule has 0 fully saturated rings. The van der Waals surface area contributed by atoms with Crippen LogP contribution in [0.25, 0.3) is 0 Å². The summed E-state index contributed by atoms with van der Waals surface area (Å²) in [4.78, 5) is 11.3. The maximum atomic E-state index is 11.3. The molecule has 21 heavy (non-hydrogen) atoms. The Morgan fingerprint density at radius 3 is 2.00 bits per heavy atom. The molecule has 3 heteroatoms. The molecule has 0 spiro atoms. The Labute approximate surface area is 131 Å².